The van der Waals surface area contributed by atoms with Crippen molar-refractivity contribution < 1.29 is 0 Å². The number of pyridine rings is 1. The molecule has 108 valence electrons. The van der Waals surface area contributed by atoms with E-state index in [0.29, 0.717) is 0 Å². The van der Waals surface area contributed by atoms with Crippen LogP contribution in [-0.4, -0.2) is 27.6 Å². The molecule has 1 saturated heterocycles. The Kier molecular flexibility index (Phi) is 3.09. The number of fused-ring (bicyclic) bond motifs is 1. The second-order valence-electron chi connectivity index (χ2n) is 7.12. The van der Waals surface area contributed by atoms with Crippen LogP contribution in [0.5, 0.6) is 0 Å². The highest BCUT2D eigenvalue weighted by Gasteiger charge is 2.36. The number of hydrogen-bond donors (Lipinski definition) is 1. The van der Waals surface area contributed by atoms with E-state index in [1.165, 1.54) is 11.3 Å². The van der Waals surface area contributed by atoms with Crippen LogP contribution in [0.3, 0.4) is 0 Å². The second kappa shape index (κ2) is 4.55. The third-order valence-electron chi connectivity index (χ3n) is 4.37. The quantitative estimate of drug-likeness (QED) is 0.868. The van der Waals surface area contributed by atoms with Crippen molar-refractivity contribution in [2.45, 2.75) is 51.5 Å². The van der Waals surface area contributed by atoms with Gasteiger partial charge in [-0.1, -0.05) is 6.92 Å². The molecule has 0 saturated carbocycles. The Morgan fingerprint density at radius 1 is 1.25 bits per heavy atom. The second-order valence-corrected chi connectivity index (χ2v) is 7.12. The Labute approximate surface area is 120 Å². The van der Waals surface area contributed by atoms with Crippen LogP contribution in [0, 0.1) is 0 Å². The SMILES string of the molecule is CC1(c2nc3cnccc3n2C(C)(C)C)CCNCC1. The number of imidazole rings is 1. The minimum atomic E-state index is 0.0271. The lowest BCUT2D eigenvalue weighted by Crippen LogP contribution is -2.41. The molecule has 0 aliphatic carbocycles. The molecule has 0 radical (unpaired) electrons. The number of nitrogens with zero attached hydrogens (tertiary/aromatic N) is 3. The molecule has 3 heterocycles. The van der Waals surface area contributed by atoms with Gasteiger partial charge >= 0.3 is 0 Å². The van der Waals surface area contributed by atoms with Gasteiger partial charge in [-0.2, -0.15) is 0 Å². The van der Waals surface area contributed by atoms with Gasteiger partial charge in [0.25, 0.3) is 0 Å². The van der Waals surface area contributed by atoms with E-state index in [4.69, 9.17) is 4.98 Å². The molecule has 3 rings (SSSR count). The molecule has 1 aliphatic heterocycles. The molecule has 1 N–H and O–H groups in total. The predicted octanol–water partition coefficient (Wildman–Crippen LogP) is 2.83. The largest absolute Gasteiger partial charge is 0.322 e. The summed E-state index contributed by atoms with van der Waals surface area (Å²) in [6.07, 6.45) is 6.02. The van der Waals surface area contributed by atoms with Crippen molar-refractivity contribution in [2.24, 2.45) is 0 Å². The topological polar surface area (TPSA) is 42.7 Å². The minimum absolute atomic E-state index is 0.0271. The highest BCUT2D eigenvalue weighted by Crippen LogP contribution is 2.37. The standard InChI is InChI=1S/C16H24N4/c1-15(2,3)20-13-5-8-18-11-12(13)19-14(20)16(4)6-9-17-10-7-16/h5,8,11,17H,6-7,9-10H2,1-4H3. The molecule has 0 spiro atoms. The first kappa shape index (κ1) is 13.6. The molecule has 2 aromatic rings. The van der Waals surface area contributed by atoms with Crippen LogP contribution in [0.4, 0.5) is 0 Å². The van der Waals surface area contributed by atoms with Crippen molar-refractivity contribution in [1.29, 1.82) is 0 Å². The lowest BCUT2D eigenvalue weighted by molar-refractivity contribution is 0.282. The fraction of sp³-hybridized carbons (Fsp3) is 0.625. The third-order valence-corrected chi connectivity index (χ3v) is 4.37. The zero-order chi connectivity index (χ0) is 14.4. The first-order valence-electron chi connectivity index (χ1n) is 7.46. The van der Waals surface area contributed by atoms with Crippen LogP contribution >= 0.6 is 0 Å². The van der Waals surface area contributed by atoms with Crippen molar-refractivity contribution in [3.8, 4) is 0 Å². The normalized spacial score (nSPS) is 19.4. The first-order chi connectivity index (χ1) is 9.42. The minimum Gasteiger partial charge on any atom is -0.322 e. The summed E-state index contributed by atoms with van der Waals surface area (Å²) in [5.41, 5.74) is 2.39. The Balaban J connectivity index is 2.24. The van der Waals surface area contributed by atoms with Crippen LogP contribution < -0.4 is 5.32 Å². The fourth-order valence-electron chi connectivity index (χ4n) is 3.22. The van der Waals surface area contributed by atoms with Crippen molar-refractivity contribution in [2.75, 3.05) is 13.1 Å². The number of piperidine rings is 1. The Morgan fingerprint density at radius 2 is 1.95 bits per heavy atom. The van der Waals surface area contributed by atoms with E-state index in [-0.39, 0.29) is 11.0 Å². The molecular formula is C16H24N4. The maximum atomic E-state index is 4.95. The predicted molar refractivity (Wildman–Crippen MR) is 82.0 cm³/mol. The smallest absolute Gasteiger partial charge is 0.116 e. The van der Waals surface area contributed by atoms with Crippen LogP contribution in [0.2, 0.25) is 0 Å². The van der Waals surface area contributed by atoms with Gasteiger partial charge in [0, 0.05) is 17.2 Å². The highest BCUT2D eigenvalue weighted by molar-refractivity contribution is 5.75. The van der Waals surface area contributed by atoms with Gasteiger partial charge in [-0.05, 0) is 52.8 Å². The molecule has 0 atom stereocenters. The van der Waals surface area contributed by atoms with Gasteiger partial charge in [-0.15, -0.1) is 0 Å². The van der Waals surface area contributed by atoms with Gasteiger partial charge < -0.3 is 9.88 Å². The average molecular weight is 272 g/mol. The van der Waals surface area contributed by atoms with E-state index in [0.717, 1.165) is 31.4 Å². The third kappa shape index (κ3) is 2.12. The van der Waals surface area contributed by atoms with Gasteiger partial charge in [0.15, 0.2) is 0 Å². The monoisotopic (exact) mass is 272 g/mol. The van der Waals surface area contributed by atoms with Gasteiger partial charge in [0.2, 0.25) is 0 Å². The first-order valence-corrected chi connectivity index (χ1v) is 7.46. The molecule has 0 bridgehead atoms. The van der Waals surface area contributed by atoms with Crippen molar-refractivity contribution >= 4 is 11.0 Å². The van der Waals surface area contributed by atoms with Gasteiger partial charge in [0.1, 0.15) is 11.3 Å². The lowest BCUT2D eigenvalue weighted by Gasteiger charge is -2.37. The number of rotatable bonds is 1. The summed E-state index contributed by atoms with van der Waals surface area (Å²) in [5, 5.41) is 3.45. The highest BCUT2D eigenvalue weighted by atomic mass is 15.2. The van der Waals surface area contributed by atoms with E-state index in [1.807, 2.05) is 12.4 Å². The summed E-state index contributed by atoms with van der Waals surface area (Å²) in [6, 6.07) is 2.08. The lowest BCUT2D eigenvalue weighted by atomic mass is 9.79. The van der Waals surface area contributed by atoms with Gasteiger partial charge in [-0.25, -0.2) is 4.98 Å². The van der Waals surface area contributed by atoms with E-state index in [1.54, 1.807) is 0 Å². The molecule has 1 aliphatic rings. The zero-order valence-electron chi connectivity index (χ0n) is 12.9. The summed E-state index contributed by atoms with van der Waals surface area (Å²) in [7, 11) is 0. The Bertz CT molecular complexity index is 615. The Hall–Kier alpha value is -1.42. The maximum Gasteiger partial charge on any atom is 0.116 e. The summed E-state index contributed by atoms with van der Waals surface area (Å²) < 4.78 is 2.41. The van der Waals surface area contributed by atoms with Crippen LogP contribution in [0.1, 0.15) is 46.4 Å². The van der Waals surface area contributed by atoms with E-state index >= 15 is 0 Å². The fourth-order valence-corrected chi connectivity index (χ4v) is 3.22. The summed E-state index contributed by atoms with van der Waals surface area (Å²) in [4.78, 5) is 9.18. The Morgan fingerprint density at radius 3 is 2.60 bits per heavy atom. The van der Waals surface area contributed by atoms with E-state index < -0.39 is 0 Å². The number of hydrogen-bond acceptors (Lipinski definition) is 3. The molecule has 0 aromatic carbocycles. The summed E-state index contributed by atoms with van der Waals surface area (Å²) >= 11 is 0. The molecule has 0 amide bonds. The zero-order valence-corrected chi connectivity index (χ0v) is 12.9. The van der Waals surface area contributed by atoms with Crippen LogP contribution in [0.25, 0.3) is 11.0 Å². The van der Waals surface area contributed by atoms with E-state index in [9.17, 15) is 0 Å². The number of aromatic nitrogens is 3. The molecule has 4 nitrogen and oxygen atoms in total. The van der Waals surface area contributed by atoms with Gasteiger partial charge in [-0.3, -0.25) is 4.98 Å². The molecule has 2 aromatic heterocycles. The average Bonchev–Trinajstić information content (AvgIpc) is 2.79. The number of nitrogens with one attached hydrogen (secondary N) is 1. The molecule has 0 unspecified atom stereocenters. The molecular weight excluding hydrogens is 248 g/mol. The molecule has 4 heteroatoms. The van der Waals surface area contributed by atoms with Crippen LogP contribution in [-0.2, 0) is 11.0 Å². The maximum absolute atomic E-state index is 4.95. The molecule has 1 fully saturated rings. The van der Waals surface area contributed by atoms with Gasteiger partial charge in [0.05, 0.1) is 11.7 Å². The van der Waals surface area contributed by atoms with Crippen molar-refractivity contribution in [1.82, 2.24) is 19.9 Å². The summed E-state index contributed by atoms with van der Waals surface area (Å²) in [5.74, 6) is 1.22. The van der Waals surface area contributed by atoms with E-state index in [2.05, 4.69) is 48.6 Å². The van der Waals surface area contributed by atoms with Crippen LogP contribution in [0.15, 0.2) is 18.5 Å². The summed E-state index contributed by atoms with van der Waals surface area (Å²) in [6.45, 7) is 11.3. The van der Waals surface area contributed by atoms with Crippen molar-refractivity contribution in [3.63, 3.8) is 0 Å². The molecule has 20 heavy (non-hydrogen) atoms. The van der Waals surface area contributed by atoms with Crippen molar-refractivity contribution in [3.05, 3.63) is 24.3 Å².